The number of benzene rings is 3. The van der Waals surface area contributed by atoms with Crippen LogP contribution in [0.1, 0.15) is 16.7 Å². The normalized spacial score (nSPS) is 20.5. The summed E-state index contributed by atoms with van der Waals surface area (Å²) in [6.45, 7) is 4.15. The van der Waals surface area contributed by atoms with Gasteiger partial charge in [-0.05, 0) is 28.8 Å². The van der Waals surface area contributed by atoms with Crippen LogP contribution in [0.25, 0.3) is 11.6 Å². The Labute approximate surface area is 192 Å². The first kappa shape index (κ1) is 20.4. The minimum atomic E-state index is -1.38. The molecule has 33 heavy (non-hydrogen) atoms. The summed E-state index contributed by atoms with van der Waals surface area (Å²) in [5.41, 5.74) is 3.35. The number of carbonyl (C=O) groups excluding carboxylic acids is 1. The average molecular weight is 428 g/mol. The van der Waals surface area contributed by atoms with E-state index in [1.54, 1.807) is 11.0 Å². The summed E-state index contributed by atoms with van der Waals surface area (Å²) in [4.78, 5) is 15.9. The number of fused-ring (bicyclic) bond motifs is 2. The number of para-hydroxylation sites is 1. The molecule has 0 radical (unpaired) electrons. The summed E-state index contributed by atoms with van der Waals surface area (Å²) >= 11 is 0. The van der Waals surface area contributed by atoms with E-state index in [2.05, 4.69) is 12.6 Å². The van der Waals surface area contributed by atoms with Crippen molar-refractivity contribution in [1.29, 1.82) is 10.7 Å². The maximum Gasteiger partial charge on any atom is 0.248 e. The largest absolute Gasteiger partial charge is 0.307 e. The molecule has 3 aromatic rings. The molecule has 4 nitrogen and oxygen atoms in total. The fourth-order valence-electron chi connectivity index (χ4n) is 4.95. The van der Waals surface area contributed by atoms with Gasteiger partial charge in [-0.25, -0.2) is 0 Å². The van der Waals surface area contributed by atoms with Gasteiger partial charge in [-0.1, -0.05) is 84.9 Å². The van der Waals surface area contributed by atoms with Crippen molar-refractivity contribution in [2.24, 2.45) is 0 Å². The van der Waals surface area contributed by atoms with E-state index >= 15 is 0 Å². The molecule has 1 unspecified atom stereocenters. The Hall–Kier alpha value is -4.49. The molecule has 0 fully saturated rings. The highest BCUT2D eigenvalue weighted by Gasteiger charge is 2.61. The standard InChI is InChI=1S/C29H21N3O/c1-2-17-32-25-16-10-9-15-23(25)29(28(32)33)24(18-20-11-5-3-6-12-20)26(22(19-30)27(29)31)21-13-7-4-8-14-21/h2-16,18,31H,1,17H2/b24-18+,31-27?. The minimum Gasteiger partial charge on any atom is -0.307 e. The minimum absolute atomic E-state index is 0.0232. The summed E-state index contributed by atoms with van der Waals surface area (Å²) in [5, 5.41) is 19.4. The molecule has 1 aliphatic carbocycles. The molecule has 0 aromatic heterocycles. The summed E-state index contributed by atoms with van der Waals surface area (Å²) in [6, 6.07) is 29.1. The molecule has 4 heteroatoms. The molecule has 1 spiro atoms. The highest BCUT2D eigenvalue weighted by molar-refractivity contribution is 6.39. The topological polar surface area (TPSA) is 68.0 Å². The van der Waals surface area contributed by atoms with Gasteiger partial charge in [0.2, 0.25) is 5.91 Å². The molecule has 158 valence electrons. The van der Waals surface area contributed by atoms with Crippen LogP contribution in [0.2, 0.25) is 0 Å². The number of hydrogen-bond acceptors (Lipinski definition) is 3. The van der Waals surface area contributed by atoms with Crippen LogP contribution in [0, 0.1) is 16.7 Å². The number of allylic oxidation sites excluding steroid dienone is 2. The van der Waals surface area contributed by atoms with Crippen molar-refractivity contribution in [1.82, 2.24) is 0 Å². The molecule has 3 aromatic carbocycles. The molecule has 1 aliphatic heterocycles. The van der Waals surface area contributed by atoms with Crippen LogP contribution < -0.4 is 4.90 Å². The molecular formula is C29H21N3O. The van der Waals surface area contributed by atoms with Gasteiger partial charge in [0.15, 0.2) is 0 Å². The first-order valence-corrected chi connectivity index (χ1v) is 10.7. The first-order chi connectivity index (χ1) is 16.1. The number of nitrogens with one attached hydrogen (secondary N) is 1. The first-order valence-electron chi connectivity index (χ1n) is 10.7. The number of rotatable bonds is 4. The lowest BCUT2D eigenvalue weighted by molar-refractivity contribution is -0.119. The average Bonchev–Trinajstić information content (AvgIpc) is 3.25. The van der Waals surface area contributed by atoms with Crippen molar-refractivity contribution in [3.8, 4) is 6.07 Å². The Morgan fingerprint density at radius 1 is 0.970 bits per heavy atom. The second-order valence-electron chi connectivity index (χ2n) is 8.04. The third kappa shape index (κ3) is 2.83. The van der Waals surface area contributed by atoms with Crippen molar-refractivity contribution >= 4 is 29.0 Å². The Morgan fingerprint density at radius 3 is 2.27 bits per heavy atom. The Balaban J connectivity index is 1.88. The van der Waals surface area contributed by atoms with Crippen molar-refractivity contribution in [3.05, 3.63) is 125 Å². The van der Waals surface area contributed by atoms with Crippen LogP contribution in [-0.4, -0.2) is 18.2 Å². The lowest BCUT2D eigenvalue weighted by atomic mass is 9.72. The summed E-state index contributed by atoms with van der Waals surface area (Å²) in [5.74, 6) is -0.227. The van der Waals surface area contributed by atoms with E-state index in [1.165, 1.54) is 0 Å². The number of carbonyl (C=O) groups is 1. The van der Waals surface area contributed by atoms with E-state index in [1.807, 2.05) is 91.0 Å². The van der Waals surface area contributed by atoms with Gasteiger partial charge < -0.3 is 10.3 Å². The van der Waals surface area contributed by atoms with Gasteiger partial charge in [0.1, 0.15) is 11.5 Å². The van der Waals surface area contributed by atoms with Gasteiger partial charge in [0.25, 0.3) is 0 Å². The second kappa shape index (κ2) is 7.89. The fourth-order valence-corrected chi connectivity index (χ4v) is 4.95. The number of hydrogen-bond donors (Lipinski definition) is 1. The number of anilines is 1. The smallest absolute Gasteiger partial charge is 0.248 e. The summed E-state index contributed by atoms with van der Waals surface area (Å²) < 4.78 is 0. The molecule has 1 atom stereocenters. The van der Waals surface area contributed by atoms with Gasteiger partial charge in [-0.2, -0.15) is 5.26 Å². The van der Waals surface area contributed by atoms with E-state index in [-0.39, 0.29) is 17.2 Å². The van der Waals surface area contributed by atoms with Gasteiger partial charge in [-0.15, -0.1) is 6.58 Å². The lowest BCUT2D eigenvalue weighted by Gasteiger charge is -2.27. The van der Waals surface area contributed by atoms with Crippen LogP contribution in [-0.2, 0) is 10.2 Å². The molecule has 1 heterocycles. The van der Waals surface area contributed by atoms with Crippen LogP contribution in [0.15, 0.2) is 109 Å². The zero-order valence-electron chi connectivity index (χ0n) is 18.0. The number of nitriles is 1. The van der Waals surface area contributed by atoms with Crippen LogP contribution in [0.4, 0.5) is 5.69 Å². The molecule has 1 N–H and O–H groups in total. The monoisotopic (exact) mass is 427 g/mol. The van der Waals surface area contributed by atoms with Crippen LogP contribution in [0.5, 0.6) is 0 Å². The zero-order valence-corrected chi connectivity index (χ0v) is 18.0. The van der Waals surface area contributed by atoms with Crippen LogP contribution in [0.3, 0.4) is 0 Å². The van der Waals surface area contributed by atoms with Gasteiger partial charge in [0.05, 0.1) is 11.3 Å². The summed E-state index contributed by atoms with van der Waals surface area (Å²) in [7, 11) is 0. The highest BCUT2D eigenvalue weighted by atomic mass is 16.2. The van der Waals surface area contributed by atoms with E-state index in [0.717, 1.165) is 22.4 Å². The predicted octanol–water partition coefficient (Wildman–Crippen LogP) is 5.55. The zero-order chi connectivity index (χ0) is 23.0. The van der Waals surface area contributed by atoms with Gasteiger partial charge in [-0.3, -0.25) is 4.79 Å². The lowest BCUT2D eigenvalue weighted by Crippen LogP contribution is -2.45. The molecule has 0 bridgehead atoms. The van der Waals surface area contributed by atoms with Gasteiger partial charge >= 0.3 is 0 Å². The Kier molecular flexibility index (Phi) is 4.88. The third-order valence-electron chi connectivity index (χ3n) is 6.31. The molecule has 2 aliphatic rings. The van der Waals surface area contributed by atoms with E-state index in [0.29, 0.717) is 17.7 Å². The molecule has 0 saturated carbocycles. The molecule has 1 amide bonds. The molecule has 5 rings (SSSR count). The predicted molar refractivity (Wildman–Crippen MR) is 132 cm³/mol. The Morgan fingerprint density at radius 2 is 1.61 bits per heavy atom. The molecular weight excluding hydrogens is 406 g/mol. The van der Waals surface area contributed by atoms with Gasteiger partial charge in [0, 0.05) is 23.4 Å². The number of nitrogens with zero attached hydrogens (tertiary/aromatic N) is 2. The van der Waals surface area contributed by atoms with Crippen molar-refractivity contribution < 1.29 is 4.79 Å². The number of amides is 1. The maximum atomic E-state index is 14.2. The Bertz CT molecular complexity index is 1390. The quantitative estimate of drug-likeness (QED) is 0.555. The third-order valence-corrected chi connectivity index (χ3v) is 6.31. The van der Waals surface area contributed by atoms with E-state index in [4.69, 9.17) is 0 Å². The van der Waals surface area contributed by atoms with E-state index < -0.39 is 5.41 Å². The fraction of sp³-hybridized carbons (Fsp3) is 0.0690. The van der Waals surface area contributed by atoms with Crippen molar-refractivity contribution in [2.45, 2.75) is 5.41 Å². The SMILES string of the molecule is C=CCN1C(=O)C2(C(=N)C(C#N)=C(c3ccccc3)/C2=C\c2ccccc2)c2ccccc21. The highest BCUT2D eigenvalue weighted by Crippen LogP contribution is 2.57. The molecule has 0 saturated heterocycles. The summed E-state index contributed by atoms with van der Waals surface area (Å²) in [6.07, 6.45) is 3.64. The van der Waals surface area contributed by atoms with Crippen molar-refractivity contribution in [3.63, 3.8) is 0 Å². The second-order valence-corrected chi connectivity index (χ2v) is 8.04. The van der Waals surface area contributed by atoms with Crippen LogP contribution >= 0.6 is 0 Å². The van der Waals surface area contributed by atoms with Crippen molar-refractivity contribution in [2.75, 3.05) is 11.4 Å². The van der Waals surface area contributed by atoms with E-state index in [9.17, 15) is 15.5 Å². The maximum absolute atomic E-state index is 14.2.